The van der Waals surface area contributed by atoms with Crippen LogP contribution in [0.4, 0.5) is 0 Å². The minimum atomic E-state index is 0.0466. The van der Waals surface area contributed by atoms with Crippen LogP contribution in [0.15, 0.2) is 6.33 Å². The normalized spacial score (nSPS) is 13.0. The van der Waals surface area contributed by atoms with Crippen molar-refractivity contribution < 1.29 is 0 Å². The summed E-state index contributed by atoms with van der Waals surface area (Å²) in [5, 5.41) is 13.1. The van der Waals surface area contributed by atoms with E-state index in [0.29, 0.717) is 6.04 Å². The van der Waals surface area contributed by atoms with Crippen molar-refractivity contribution in [2.75, 3.05) is 13.1 Å². The molecule has 0 amide bonds. The van der Waals surface area contributed by atoms with E-state index in [2.05, 4.69) is 41.8 Å². The van der Waals surface area contributed by atoms with Crippen LogP contribution in [0, 0.1) is 17.2 Å². The lowest BCUT2D eigenvalue weighted by molar-refractivity contribution is 0.247. The van der Waals surface area contributed by atoms with E-state index < -0.39 is 0 Å². The van der Waals surface area contributed by atoms with Gasteiger partial charge in [0.25, 0.3) is 0 Å². The van der Waals surface area contributed by atoms with Gasteiger partial charge in [0, 0.05) is 12.6 Å². The second kappa shape index (κ2) is 6.36. The quantitative estimate of drug-likeness (QED) is 0.755. The zero-order chi connectivity index (χ0) is 12.8. The number of nitrogens with zero attached hydrogens (tertiary/aromatic N) is 5. The highest BCUT2D eigenvalue weighted by atomic mass is 15.4. The monoisotopic (exact) mass is 235 g/mol. The van der Waals surface area contributed by atoms with Gasteiger partial charge in [0.15, 0.2) is 0 Å². The van der Waals surface area contributed by atoms with Gasteiger partial charge < -0.3 is 0 Å². The van der Waals surface area contributed by atoms with Crippen molar-refractivity contribution in [3.63, 3.8) is 0 Å². The Morgan fingerprint density at radius 3 is 2.71 bits per heavy atom. The van der Waals surface area contributed by atoms with Crippen molar-refractivity contribution in [3.8, 4) is 6.07 Å². The van der Waals surface area contributed by atoms with Crippen LogP contribution in [0.1, 0.15) is 39.6 Å². The number of aromatic nitrogens is 3. The Bertz CT molecular complexity index is 376. The first-order valence-corrected chi connectivity index (χ1v) is 6.08. The molecule has 1 aromatic heterocycles. The van der Waals surface area contributed by atoms with Crippen molar-refractivity contribution in [1.82, 2.24) is 19.7 Å². The molecule has 5 heteroatoms. The fraction of sp³-hybridized carbons (Fsp3) is 0.750. The van der Waals surface area contributed by atoms with Crippen LogP contribution in [0.5, 0.6) is 0 Å². The molecule has 0 fully saturated rings. The van der Waals surface area contributed by atoms with Crippen LogP contribution in [0.2, 0.25) is 0 Å². The smallest absolute Gasteiger partial charge is 0.141 e. The van der Waals surface area contributed by atoms with E-state index in [1.807, 2.05) is 11.6 Å². The molecule has 0 aliphatic carbocycles. The maximum absolute atomic E-state index is 8.84. The first-order valence-electron chi connectivity index (χ1n) is 6.08. The summed E-state index contributed by atoms with van der Waals surface area (Å²) in [6.07, 6.45) is 1.59. The van der Waals surface area contributed by atoms with Gasteiger partial charge >= 0.3 is 0 Å². The van der Waals surface area contributed by atoms with E-state index in [4.69, 9.17) is 5.26 Å². The molecule has 1 unspecified atom stereocenters. The third-order valence-corrected chi connectivity index (χ3v) is 2.70. The summed E-state index contributed by atoms with van der Waals surface area (Å²) in [6.45, 7) is 10.7. The summed E-state index contributed by atoms with van der Waals surface area (Å²) >= 11 is 0. The lowest BCUT2D eigenvalue weighted by atomic mass is 10.2. The van der Waals surface area contributed by atoms with Crippen molar-refractivity contribution in [1.29, 1.82) is 5.26 Å². The highest BCUT2D eigenvalue weighted by Crippen LogP contribution is 2.09. The average molecular weight is 235 g/mol. The second-order valence-corrected chi connectivity index (χ2v) is 4.57. The Hall–Kier alpha value is -1.41. The predicted molar refractivity (Wildman–Crippen MR) is 66.1 cm³/mol. The molecule has 17 heavy (non-hydrogen) atoms. The maximum atomic E-state index is 8.84. The average Bonchev–Trinajstić information content (AvgIpc) is 2.76. The molecule has 1 heterocycles. The van der Waals surface area contributed by atoms with Gasteiger partial charge in [-0.05, 0) is 27.3 Å². The van der Waals surface area contributed by atoms with Gasteiger partial charge in [-0.15, -0.1) is 0 Å². The molecule has 0 aliphatic rings. The fourth-order valence-electron chi connectivity index (χ4n) is 1.75. The Labute approximate surface area is 103 Å². The summed E-state index contributed by atoms with van der Waals surface area (Å²) in [4.78, 5) is 6.50. The first kappa shape index (κ1) is 13.7. The molecular formula is C12H21N5. The molecule has 0 saturated heterocycles. The summed E-state index contributed by atoms with van der Waals surface area (Å²) in [6, 6.07) is 2.58. The van der Waals surface area contributed by atoms with E-state index >= 15 is 0 Å². The molecule has 0 bridgehead atoms. The Balaban J connectivity index is 2.68. The maximum Gasteiger partial charge on any atom is 0.141 e. The molecule has 0 aromatic carbocycles. The number of nitriles is 1. The molecule has 0 saturated carbocycles. The van der Waals surface area contributed by atoms with Crippen LogP contribution in [0.25, 0.3) is 0 Å². The molecule has 0 spiro atoms. The lowest BCUT2D eigenvalue weighted by Gasteiger charge is -2.21. The van der Waals surface area contributed by atoms with Crippen LogP contribution in [-0.2, 0) is 6.54 Å². The third kappa shape index (κ3) is 3.82. The van der Waals surface area contributed by atoms with Gasteiger partial charge in [-0.2, -0.15) is 10.4 Å². The highest BCUT2D eigenvalue weighted by molar-refractivity contribution is 4.88. The topological polar surface area (TPSA) is 57.7 Å². The van der Waals surface area contributed by atoms with Gasteiger partial charge in [0.05, 0.1) is 18.5 Å². The Morgan fingerprint density at radius 2 is 2.18 bits per heavy atom. The Morgan fingerprint density at radius 1 is 1.47 bits per heavy atom. The van der Waals surface area contributed by atoms with Crippen LogP contribution in [0.3, 0.4) is 0 Å². The van der Waals surface area contributed by atoms with Crippen molar-refractivity contribution >= 4 is 0 Å². The minimum absolute atomic E-state index is 0.0466. The van der Waals surface area contributed by atoms with Crippen molar-refractivity contribution in [2.45, 2.75) is 40.3 Å². The fourth-order valence-corrected chi connectivity index (χ4v) is 1.75. The molecule has 0 radical (unpaired) electrons. The first-order chi connectivity index (χ1) is 8.08. The zero-order valence-electron chi connectivity index (χ0n) is 11.1. The van der Waals surface area contributed by atoms with E-state index in [9.17, 15) is 0 Å². The largest absolute Gasteiger partial charge is 0.295 e. The SMILES string of the molecule is CCN(Cc1ncnn1C(C)C)CC(C)C#N. The minimum Gasteiger partial charge on any atom is -0.295 e. The van der Waals surface area contributed by atoms with E-state index in [0.717, 1.165) is 25.5 Å². The molecule has 5 nitrogen and oxygen atoms in total. The molecule has 1 rings (SSSR count). The number of hydrogen-bond donors (Lipinski definition) is 0. The number of hydrogen-bond acceptors (Lipinski definition) is 4. The van der Waals surface area contributed by atoms with Gasteiger partial charge in [-0.3, -0.25) is 4.90 Å². The summed E-state index contributed by atoms with van der Waals surface area (Å²) in [7, 11) is 0. The number of rotatable bonds is 6. The lowest BCUT2D eigenvalue weighted by Crippen LogP contribution is -2.29. The van der Waals surface area contributed by atoms with Gasteiger partial charge in [0.2, 0.25) is 0 Å². The molecule has 0 N–H and O–H groups in total. The van der Waals surface area contributed by atoms with Crippen LogP contribution < -0.4 is 0 Å². The molecular weight excluding hydrogens is 214 g/mol. The highest BCUT2D eigenvalue weighted by Gasteiger charge is 2.13. The van der Waals surface area contributed by atoms with Gasteiger partial charge in [-0.25, -0.2) is 9.67 Å². The standard InChI is InChI=1S/C12H21N5/c1-5-16(7-11(4)6-13)8-12-14-9-15-17(12)10(2)3/h9-11H,5,7-8H2,1-4H3. The summed E-state index contributed by atoms with van der Waals surface area (Å²) in [5.74, 6) is 1.01. The summed E-state index contributed by atoms with van der Waals surface area (Å²) in [5.41, 5.74) is 0. The predicted octanol–water partition coefficient (Wildman–Crippen LogP) is 1.84. The van der Waals surface area contributed by atoms with Crippen LogP contribution in [-0.4, -0.2) is 32.8 Å². The molecule has 1 aromatic rings. The van der Waals surface area contributed by atoms with Crippen LogP contribution >= 0.6 is 0 Å². The van der Waals surface area contributed by atoms with Crippen molar-refractivity contribution in [3.05, 3.63) is 12.2 Å². The zero-order valence-corrected chi connectivity index (χ0v) is 11.1. The molecule has 1 atom stereocenters. The summed E-state index contributed by atoms with van der Waals surface area (Å²) < 4.78 is 1.93. The molecule has 0 aliphatic heterocycles. The third-order valence-electron chi connectivity index (χ3n) is 2.70. The molecule has 94 valence electrons. The van der Waals surface area contributed by atoms with Crippen molar-refractivity contribution in [2.24, 2.45) is 5.92 Å². The van der Waals surface area contributed by atoms with E-state index in [1.54, 1.807) is 6.33 Å². The van der Waals surface area contributed by atoms with E-state index in [-0.39, 0.29) is 5.92 Å². The Kier molecular flexibility index (Phi) is 5.11. The van der Waals surface area contributed by atoms with Gasteiger partial charge in [-0.1, -0.05) is 6.92 Å². The van der Waals surface area contributed by atoms with E-state index in [1.165, 1.54) is 0 Å². The van der Waals surface area contributed by atoms with Gasteiger partial charge in [0.1, 0.15) is 12.2 Å². The second-order valence-electron chi connectivity index (χ2n) is 4.57.